The molecule has 1 aromatic heterocycles. The minimum atomic E-state index is -5.13. The quantitative estimate of drug-likeness (QED) is 0.631. The van der Waals surface area contributed by atoms with Crippen molar-refractivity contribution in [2.75, 3.05) is 12.4 Å². The Balaban J connectivity index is 3.41. The van der Waals surface area contributed by atoms with Crippen LogP contribution in [-0.4, -0.2) is 30.8 Å². The largest absolute Gasteiger partial charge is 0.464 e. The van der Waals surface area contributed by atoms with Gasteiger partial charge in [0.1, 0.15) is 0 Å². The number of H-pyrrole nitrogens is 1. The Hall–Kier alpha value is -2.32. The van der Waals surface area contributed by atoms with Crippen LogP contribution in [0.4, 0.5) is 19.0 Å². The zero-order chi connectivity index (χ0) is 17.8. The first-order valence-corrected chi connectivity index (χ1v) is 6.80. The molecule has 1 rings (SSSR count). The molecule has 0 saturated heterocycles. The van der Waals surface area contributed by atoms with Gasteiger partial charge in [0.2, 0.25) is 5.91 Å². The maximum absolute atomic E-state index is 13.6. The summed E-state index contributed by atoms with van der Waals surface area (Å²) in [6.07, 6.45) is -5.36. The highest BCUT2D eigenvalue weighted by molar-refractivity contribution is 5.90. The maximum atomic E-state index is 13.6. The van der Waals surface area contributed by atoms with Gasteiger partial charge in [0.05, 0.1) is 12.8 Å². The third kappa shape index (κ3) is 4.11. The molecule has 128 valence electrons. The number of ether oxygens (including phenoxy) is 1. The van der Waals surface area contributed by atoms with E-state index in [0.29, 0.717) is 11.3 Å². The van der Waals surface area contributed by atoms with Crippen molar-refractivity contribution < 1.29 is 32.5 Å². The normalized spacial score (nSPS) is 13.9. The van der Waals surface area contributed by atoms with E-state index in [4.69, 9.17) is 0 Å². The Kier molecular flexibility index (Phi) is 5.57. The number of pyridine rings is 1. The van der Waals surface area contributed by atoms with Gasteiger partial charge in [0, 0.05) is 12.5 Å². The van der Waals surface area contributed by atoms with Crippen LogP contribution in [0, 0.1) is 13.8 Å². The van der Waals surface area contributed by atoms with Gasteiger partial charge in [-0.05, 0) is 25.5 Å². The molecule has 0 saturated carbocycles. The second-order valence-electron chi connectivity index (χ2n) is 5.02. The molecule has 0 aliphatic carbocycles. The third-order valence-electron chi connectivity index (χ3n) is 3.04. The highest BCUT2D eigenvalue weighted by atomic mass is 19.4. The number of carbonyl (C=O) groups is 2. The SMILES string of the molecule is CCC(=O)N[C@](Nc1cc(C)cc(C)[nH+]1)(C(=O)OC)C(F)(F)F. The van der Waals surface area contributed by atoms with Crippen LogP contribution in [0.15, 0.2) is 12.1 Å². The highest BCUT2D eigenvalue weighted by Crippen LogP contribution is 2.32. The number of halogens is 3. The lowest BCUT2D eigenvalue weighted by atomic mass is 10.1. The van der Waals surface area contributed by atoms with E-state index in [1.807, 2.05) is 5.32 Å². The number of esters is 1. The summed E-state index contributed by atoms with van der Waals surface area (Å²) < 4.78 is 45.1. The van der Waals surface area contributed by atoms with E-state index in [1.165, 1.54) is 13.0 Å². The predicted octanol–water partition coefficient (Wildman–Crippen LogP) is 1.49. The number of aromatic amines is 1. The number of hydrogen-bond donors (Lipinski definition) is 2. The third-order valence-corrected chi connectivity index (χ3v) is 3.04. The number of carbonyl (C=O) groups excluding carboxylic acids is 2. The topological polar surface area (TPSA) is 81.6 Å². The Labute approximate surface area is 131 Å². The monoisotopic (exact) mass is 334 g/mol. The summed E-state index contributed by atoms with van der Waals surface area (Å²) in [7, 11) is 0.813. The van der Waals surface area contributed by atoms with Crippen molar-refractivity contribution in [1.29, 1.82) is 0 Å². The second kappa shape index (κ2) is 6.84. The summed E-state index contributed by atoms with van der Waals surface area (Å²) in [4.78, 5) is 26.1. The summed E-state index contributed by atoms with van der Waals surface area (Å²) in [6.45, 7) is 4.71. The Bertz CT molecular complexity index is 584. The molecule has 1 aromatic rings. The van der Waals surface area contributed by atoms with Crippen LogP contribution < -0.4 is 15.6 Å². The number of methoxy groups -OCH3 is 1. The van der Waals surface area contributed by atoms with E-state index in [-0.39, 0.29) is 12.2 Å². The molecule has 0 spiro atoms. The first-order chi connectivity index (χ1) is 10.6. The van der Waals surface area contributed by atoms with Gasteiger partial charge in [-0.1, -0.05) is 6.92 Å². The average Bonchev–Trinajstić information content (AvgIpc) is 2.43. The van der Waals surface area contributed by atoms with Crippen molar-refractivity contribution >= 4 is 17.7 Å². The smallest absolute Gasteiger partial charge is 0.464 e. The zero-order valence-electron chi connectivity index (χ0n) is 13.2. The van der Waals surface area contributed by atoms with Gasteiger partial charge in [-0.3, -0.25) is 10.1 Å². The summed E-state index contributed by atoms with van der Waals surface area (Å²) in [5, 5.41) is 3.73. The summed E-state index contributed by atoms with van der Waals surface area (Å²) in [5.74, 6) is -2.70. The Morgan fingerprint density at radius 2 is 1.87 bits per heavy atom. The predicted molar refractivity (Wildman–Crippen MR) is 75.3 cm³/mol. The van der Waals surface area contributed by atoms with Crippen molar-refractivity contribution in [3.8, 4) is 0 Å². The summed E-state index contributed by atoms with van der Waals surface area (Å²) in [5.41, 5.74) is -2.13. The molecule has 1 heterocycles. The van der Waals surface area contributed by atoms with Crippen molar-refractivity contribution in [1.82, 2.24) is 5.32 Å². The van der Waals surface area contributed by atoms with Crippen molar-refractivity contribution in [2.45, 2.75) is 39.0 Å². The van der Waals surface area contributed by atoms with Crippen LogP contribution in [0.5, 0.6) is 0 Å². The molecule has 0 aromatic carbocycles. The molecule has 1 amide bonds. The van der Waals surface area contributed by atoms with Crippen LogP contribution in [0.25, 0.3) is 0 Å². The van der Waals surface area contributed by atoms with Crippen LogP contribution in [-0.2, 0) is 14.3 Å². The van der Waals surface area contributed by atoms with E-state index >= 15 is 0 Å². The van der Waals surface area contributed by atoms with Gasteiger partial charge in [-0.2, -0.15) is 13.2 Å². The molecule has 3 N–H and O–H groups in total. The van der Waals surface area contributed by atoms with Crippen molar-refractivity contribution in [3.05, 3.63) is 23.4 Å². The van der Waals surface area contributed by atoms with Gasteiger partial charge in [-0.15, -0.1) is 0 Å². The number of aromatic nitrogens is 1. The van der Waals surface area contributed by atoms with Gasteiger partial charge in [0.25, 0.3) is 5.82 Å². The lowest BCUT2D eigenvalue weighted by Gasteiger charge is -2.30. The Morgan fingerprint density at radius 1 is 1.26 bits per heavy atom. The van der Waals surface area contributed by atoms with Crippen LogP contribution in [0.1, 0.15) is 24.6 Å². The molecular weight excluding hydrogens is 315 g/mol. The average molecular weight is 334 g/mol. The standard InChI is InChI=1S/C14H18F3N3O3/c1-5-11(21)20-13(12(22)23-4,14(15,16)17)19-10-7-8(2)6-9(3)18-10/h6-7H,5H2,1-4H3,(H,18,19)(H,20,21)/p+1/t13-/m1/s1. The molecule has 0 bridgehead atoms. The van der Waals surface area contributed by atoms with Gasteiger partial charge >= 0.3 is 17.8 Å². The van der Waals surface area contributed by atoms with E-state index in [9.17, 15) is 22.8 Å². The van der Waals surface area contributed by atoms with E-state index in [1.54, 1.807) is 25.2 Å². The molecule has 9 heteroatoms. The number of alkyl halides is 3. The number of anilines is 1. The molecule has 1 atom stereocenters. The molecule has 0 unspecified atom stereocenters. The minimum Gasteiger partial charge on any atom is -0.464 e. The summed E-state index contributed by atoms with van der Waals surface area (Å²) in [6, 6.07) is 3.09. The van der Waals surface area contributed by atoms with Crippen LogP contribution in [0.3, 0.4) is 0 Å². The molecule has 0 aliphatic rings. The zero-order valence-corrected chi connectivity index (χ0v) is 13.2. The molecule has 0 fully saturated rings. The molecular formula is C14H19F3N3O3+. The fourth-order valence-corrected chi connectivity index (χ4v) is 2.01. The number of rotatable bonds is 5. The fourth-order valence-electron chi connectivity index (χ4n) is 2.01. The number of aryl methyl sites for hydroxylation is 2. The molecule has 0 radical (unpaired) electrons. The van der Waals surface area contributed by atoms with Gasteiger partial charge in [0.15, 0.2) is 0 Å². The summed E-state index contributed by atoms with van der Waals surface area (Å²) >= 11 is 0. The van der Waals surface area contributed by atoms with Crippen molar-refractivity contribution in [3.63, 3.8) is 0 Å². The van der Waals surface area contributed by atoms with Gasteiger partial charge < -0.3 is 4.74 Å². The fraction of sp³-hybridized carbons (Fsp3) is 0.500. The lowest BCUT2D eigenvalue weighted by Crippen LogP contribution is -2.69. The van der Waals surface area contributed by atoms with Crippen molar-refractivity contribution in [2.24, 2.45) is 0 Å². The first kappa shape index (κ1) is 18.7. The lowest BCUT2D eigenvalue weighted by molar-refractivity contribution is -0.372. The van der Waals surface area contributed by atoms with Crippen LogP contribution >= 0.6 is 0 Å². The van der Waals surface area contributed by atoms with E-state index in [2.05, 4.69) is 9.72 Å². The number of hydrogen-bond acceptors (Lipinski definition) is 4. The Morgan fingerprint density at radius 3 is 2.30 bits per heavy atom. The minimum absolute atomic E-state index is 0.0818. The first-order valence-electron chi connectivity index (χ1n) is 6.80. The molecule has 23 heavy (non-hydrogen) atoms. The molecule has 6 nitrogen and oxygen atoms in total. The number of nitrogens with one attached hydrogen (secondary N) is 3. The maximum Gasteiger partial charge on any atom is 0.464 e. The van der Waals surface area contributed by atoms with E-state index in [0.717, 1.165) is 7.11 Å². The van der Waals surface area contributed by atoms with Crippen LogP contribution in [0.2, 0.25) is 0 Å². The highest BCUT2D eigenvalue weighted by Gasteiger charge is 2.67. The van der Waals surface area contributed by atoms with E-state index < -0.39 is 23.7 Å². The molecule has 0 aliphatic heterocycles. The second-order valence-corrected chi connectivity index (χ2v) is 5.02. The van der Waals surface area contributed by atoms with Gasteiger partial charge in [-0.25, -0.2) is 15.1 Å². The number of amides is 1.